The number of carbonyl (C=O) groups excluding carboxylic acids is 1. The van der Waals surface area contributed by atoms with Crippen molar-refractivity contribution in [3.8, 4) is 0 Å². The van der Waals surface area contributed by atoms with Crippen molar-refractivity contribution in [2.75, 3.05) is 17.7 Å². The second kappa shape index (κ2) is 6.19. The van der Waals surface area contributed by atoms with Crippen LogP contribution in [0.15, 0.2) is 22.7 Å². The summed E-state index contributed by atoms with van der Waals surface area (Å²) < 4.78 is 5.24. The molecule has 0 aromatic carbocycles. The molecule has 2 N–H and O–H groups in total. The van der Waals surface area contributed by atoms with E-state index in [4.69, 9.17) is 4.42 Å². The fraction of sp³-hybridized carbons (Fsp3) is 0.250. The average molecular weight is 283 g/mol. The Hall–Kier alpha value is -2.08. The molecule has 2 rings (SSSR count). The first-order valence-corrected chi connectivity index (χ1v) is 5.49. The van der Waals surface area contributed by atoms with Crippen LogP contribution < -0.4 is 10.6 Å². The summed E-state index contributed by atoms with van der Waals surface area (Å²) in [6.07, 6.45) is 1.57. The van der Waals surface area contributed by atoms with E-state index < -0.39 is 0 Å². The number of nitrogens with one attached hydrogen (secondary N) is 2. The van der Waals surface area contributed by atoms with E-state index >= 15 is 0 Å². The minimum Gasteiger partial charge on any atom is -0.436 e. The Morgan fingerprint density at radius 2 is 2.05 bits per heavy atom. The first-order valence-electron chi connectivity index (χ1n) is 5.49. The lowest BCUT2D eigenvalue weighted by Crippen LogP contribution is -2.12. The summed E-state index contributed by atoms with van der Waals surface area (Å²) >= 11 is 0. The van der Waals surface area contributed by atoms with Gasteiger partial charge in [0, 0.05) is 14.0 Å². The van der Waals surface area contributed by atoms with Gasteiger partial charge in [-0.2, -0.15) is 0 Å². The first kappa shape index (κ1) is 15.0. The molecule has 7 heteroatoms. The van der Waals surface area contributed by atoms with Gasteiger partial charge in [0.05, 0.1) is 17.6 Å². The number of pyridine rings is 1. The molecule has 6 nitrogen and oxygen atoms in total. The molecule has 1 amide bonds. The molecule has 0 aliphatic heterocycles. The summed E-state index contributed by atoms with van der Waals surface area (Å²) in [6.45, 7) is 3.43. The number of carbonyl (C=O) groups is 1. The molecule has 0 saturated carbocycles. The molecule has 0 bridgehead atoms. The van der Waals surface area contributed by atoms with Gasteiger partial charge < -0.3 is 15.1 Å². The molecule has 102 valence electrons. The molecular formula is C12H15ClN4O2. The number of nitrogens with zero attached hydrogens (tertiary/aromatic N) is 2. The smallest absolute Gasteiger partial charge is 0.293 e. The molecular weight excluding hydrogens is 268 g/mol. The number of hydrogen-bond acceptors (Lipinski definition) is 5. The Morgan fingerprint density at radius 1 is 1.32 bits per heavy atom. The fourth-order valence-corrected chi connectivity index (χ4v) is 1.55. The number of amides is 1. The van der Waals surface area contributed by atoms with E-state index in [-0.39, 0.29) is 24.1 Å². The highest BCUT2D eigenvalue weighted by atomic mass is 35.5. The molecule has 0 unspecified atom stereocenters. The van der Waals surface area contributed by atoms with Crippen LogP contribution in [-0.2, 0) is 0 Å². The maximum Gasteiger partial charge on any atom is 0.293 e. The Bertz CT molecular complexity index is 566. The minimum atomic E-state index is -0.327. The third-order valence-corrected chi connectivity index (χ3v) is 2.39. The highest BCUT2D eigenvalue weighted by molar-refractivity contribution is 6.02. The normalized spacial score (nSPS) is 9.63. The summed E-state index contributed by atoms with van der Waals surface area (Å²) in [4.78, 5) is 20.1. The van der Waals surface area contributed by atoms with Crippen molar-refractivity contribution in [1.29, 1.82) is 0 Å². The molecule has 2 aromatic heterocycles. The Kier molecular flexibility index (Phi) is 4.88. The summed E-state index contributed by atoms with van der Waals surface area (Å²) in [5.41, 5.74) is 1.18. The molecule has 0 fully saturated rings. The van der Waals surface area contributed by atoms with Crippen LogP contribution in [0.3, 0.4) is 0 Å². The van der Waals surface area contributed by atoms with Gasteiger partial charge in [0.2, 0.25) is 5.76 Å². The third kappa shape index (κ3) is 3.45. The largest absolute Gasteiger partial charge is 0.436 e. The van der Waals surface area contributed by atoms with E-state index in [1.54, 1.807) is 39.2 Å². The highest BCUT2D eigenvalue weighted by Crippen LogP contribution is 2.14. The molecule has 0 spiro atoms. The van der Waals surface area contributed by atoms with Gasteiger partial charge in [-0.05, 0) is 19.1 Å². The van der Waals surface area contributed by atoms with Gasteiger partial charge in [0.25, 0.3) is 5.91 Å². The van der Waals surface area contributed by atoms with Crippen LogP contribution in [0, 0.1) is 13.8 Å². The van der Waals surface area contributed by atoms with Crippen LogP contribution in [0.25, 0.3) is 0 Å². The van der Waals surface area contributed by atoms with Crippen molar-refractivity contribution >= 4 is 29.8 Å². The van der Waals surface area contributed by atoms with E-state index in [0.29, 0.717) is 17.3 Å². The van der Waals surface area contributed by atoms with Gasteiger partial charge in [0.1, 0.15) is 5.82 Å². The third-order valence-electron chi connectivity index (χ3n) is 2.39. The van der Waals surface area contributed by atoms with Crippen LogP contribution in [-0.4, -0.2) is 22.9 Å². The zero-order valence-electron chi connectivity index (χ0n) is 10.9. The van der Waals surface area contributed by atoms with Gasteiger partial charge in [0.15, 0.2) is 5.89 Å². The van der Waals surface area contributed by atoms with Crippen LogP contribution in [0.5, 0.6) is 0 Å². The summed E-state index contributed by atoms with van der Waals surface area (Å²) in [5, 5.41) is 5.60. The minimum absolute atomic E-state index is 0. The van der Waals surface area contributed by atoms with E-state index in [2.05, 4.69) is 20.6 Å². The molecule has 19 heavy (non-hydrogen) atoms. The zero-order chi connectivity index (χ0) is 13.1. The van der Waals surface area contributed by atoms with E-state index in [1.807, 2.05) is 0 Å². The Morgan fingerprint density at radius 3 is 2.53 bits per heavy atom. The lowest BCUT2D eigenvalue weighted by atomic mass is 10.3. The number of aryl methyl sites for hydroxylation is 2. The van der Waals surface area contributed by atoms with Gasteiger partial charge in [-0.15, -0.1) is 12.4 Å². The number of aromatic nitrogens is 2. The van der Waals surface area contributed by atoms with Crippen LogP contribution >= 0.6 is 12.4 Å². The van der Waals surface area contributed by atoms with Crippen LogP contribution in [0.2, 0.25) is 0 Å². The summed E-state index contributed by atoms with van der Waals surface area (Å²) in [5.74, 6) is 1.11. The molecule has 0 aliphatic rings. The zero-order valence-corrected chi connectivity index (χ0v) is 11.7. The molecule has 2 aromatic rings. The number of halogens is 1. The maximum absolute atomic E-state index is 11.9. The standard InChI is InChI=1S/C12H14N4O2.ClH/c1-7-11(18-8(2)15-7)12(17)16-9-4-5-10(13-3)14-6-9;/h4-6H,1-3H3,(H,13,14)(H,16,17);1H. The predicted molar refractivity (Wildman–Crippen MR) is 75.0 cm³/mol. The van der Waals surface area contributed by atoms with Crippen LogP contribution in [0.1, 0.15) is 22.1 Å². The summed E-state index contributed by atoms with van der Waals surface area (Å²) in [7, 11) is 1.78. The van der Waals surface area contributed by atoms with Gasteiger partial charge in [-0.25, -0.2) is 9.97 Å². The van der Waals surface area contributed by atoms with Gasteiger partial charge >= 0.3 is 0 Å². The Labute approximate surface area is 117 Å². The van der Waals surface area contributed by atoms with Crippen molar-refractivity contribution in [2.45, 2.75) is 13.8 Å². The van der Waals surface area contributed by atoms with Crippen molar-refractivity contribution in [3.63, 3.8) is 0 Å². The molecule has 0 saturated heterocycles. The fourth-order valence-electron chi connectivity index (χ4n) is 1.55. The van der Waals surface area contributed by atoms with Crippen LogP contribution in [0.4, 0.5) is 11.5 Å². The lowest BCUT2D eigenvalue weighted by Gasteiger charge is -2.04. The van der Waals surface area contributed by atoms with Crippen molar-refractivity contribution < 1.29 is 9.21 Å². The van der Waals surface area contributed by atoms with Crippen molar-refractivity contribution in [2.24, 2.45) is 0 Å². The van der Waals surface area contributed by atoms with E-state index in [1.165, 1.54) is 0 Å². The topological polar surface area (TPSA) is 80.0 Å². The maximum atomic E-state index is 11.9. The first-order chi connectivity index (χ1) is 8.60. The average Bonchev–Trinajstić information content (AvgIpc) is 2.69. The molecule has 0 atom stereocenters. The Balaban J connectivity index is 0.00000180. The molecule has 2 heterocycles. The highest BCUT2D eigenvalue weighted by Gasteiger charge is 2.15. The monoisotopic (exact) mass is 282 g/mol. The van der Waals surface area contributed by atoms with Crippen molar-refractivity contribution in [1.82, 2.24) is 9.97 Å². The van der Waals surface area contributed by atoms with Crippen molar-refractivity contribution in [3.05, 3.63) is 35.7 Å². The summed E-state index contributed by atoms with van der Waals surface area (Å²) in [6, 6.07) is 3.53. The second-order valence-electron chi connectivity index (χ2n) is 3.78. The number of hydrogen-bond donors (Lipinski definition) is 2. The second-order valence-corrected chi connectivity index (χ2v) is 3.78. The SMILES string of the molecule is CNc1ccc(NC(=O)c2oc(C)nc2C)cn1.Cl. The number of anilines is 2. The predicted octanol–water partition coefficient (Wildman–Crippen LogP) is 2.40. The van der Waals surface area contributed by atoms with Gasteiger partial charge in [-0.1, -0.05) is 0 Å². The van der Waals surface area contributed by atoms with E-state index in [0.717, 1.165) is 5.82 Å². The molecule has 0 radical (unpaired) electrons. The lowest BCUT2D eigenvalue weighted by molar-refractivity contribution is 0.0994. The number of oxazole rings is 1. The molecule has 0 aliphatic carbocycles. The number of rotatable bonds is 3. The van der Waals surface area contributed by atoms with Gasteiger partial charge in [-0.3, -0.25) is 4.79 Å². The van der Waals surface area contributed by atoms with E-state index in [9.17, 15) is 4.79 Å². The quantitative estimate of drug-likeness (QED) is 0.903.